The lowest BCUT2D eigenvalue weighted by Crippen LogP contribution is -2.57. The third kappa shape index (κ3) is 8.21. The molecule has 3 aromatic rings. The molecule has 4 amide bonds. The number of nitrogens with zero attached hydrogens (tertiary/aromatic N) is 4. The lowest BCUT2D eigenvalue weighted by molar-refractivity contribution is -0.140. The number of benzene rings is 1. The van der Waals surface area contributed by atoms with Gasteiger partial charge in [-0.05, 0) is 128 Å². The lowest BCUT2D eigenvalue weighted by atomic mass is 9.91. The van der Waals surface area contributed by atoms with Crippen molar-refractivity contribution in [3.63, 3.8) is 0 Å². The zero-order valence-corrected chi connectivity index (χ0v) is 35.6. The summed E-state index contributed by atoms with van der Waals surface area (Å²) in [6.45, 7) is 9.33. The van der Waals surface area contributed by atoms with Crippen LogP contribution in [-0.4, -0.2) is 128 Å². The maximum Gasteiger partial charge on any atom is 0.248 e. The summed E-state index contributed by atoms with van der Waals surface area (Å²) in [5.41, 5.74) is 8.47. The Hall–Kier alpha value is -4.50. The number of aromatic nitrogens is 2. The summed E-state index contributed by atoms with van der Waals surface area (Å²) < 4.78 is 4.97. The van der Waals surface area contributed by atoms with Gasteiger partial charge in [-0.1, -0.05) is 24.3 Å². The maximum absolute atomic E-state index is 14.3. The summed E-state index contributed by atoms with van der Waals surface area (Å²) in [4.78, 5) is 58.2. The second-order valence-electron chi connectivity index (χ2n) is 17.2. The van der Waals surface area contributed by atoms with Crippen LogP contribution in [0, 0.1) is 0 Å². The van der Waals surface area contributed by atoms with E-state index >= 15 is 0 Å². The summed E-state index contributed by atoms with van der Waals surface area (Å²) in [7, 11) is 3.37. The number of hydrogen-bond donors (Lipinski definition) is 6. The number of aliphatic hydroxyl groups excluding tert-OH is 2. The van der Waals surface area contributed by atoms with Crippen molar-refractivity contribution < 1.29 is 29.4 Å². The topological polar surface area (TPSA) is 173 Å². The van der Waals surface area contributed by atoms with E-state index in [1.807, 2.05) is 9.80 Å². The minimum atomic E-state index is -1.07. The molecule has 2 saturated heterocycles. The van der Waals surface area contributed by atoms with Gasteiger partial charge in [-0.15, -0.1) is 0 Å². The van der Waals surface area contributed by atoms with Gasteiger partial charge in [0.2, 0.25) is 23.6 Å². The van der Waals surface area contributed by atoms with Gasteiger partial charge in [0.15, 0.2) is 0 Å². The van der Waals surface area contributed by atoms with Crippen LogP contribution in [0.5, 0.6) is 0 Å². The molecule has 1 aliphatic carbocycles. The fourth-order valence-electron chi connectivity index (χ4n) is 9.93. The number of para-hydroxylation sites is 1. The average Bonchev–Trinajstić information content (AvgIpc) is 4.00. The number of likely N-dealkylation sites (tertiary alicyclic amines) is 2. The molecule has 59 heavy (non-hydrogen) atoms. The van der Waals surface area contributed by atoms with Crippen LogP contribution in [0.15, 0.2) is 30.3 Å². The van der Waals surface area contributed by atoms with Crippen molar-refractivity contribution in [3.8, 4) is 11.4 Å². The third-order valence-electron chi connectivity index (χ3n) is 13.4. The molecule has 7 rings (SSSR count). The van der Waals surface area contributed by atoms with Crippen LogP contribution >= 0.6 is 0 Å². The molecule has 3 aliphatic heterocycles. The van der Waals surface area contributed by atoms with E-state index in [9.17, 15) is 29.4 Å². The molecule has 14 nitrogen and oxygen atoms in total. The number of fused-ring (bicyclic) bond motifs is 7. The molecule has 14 heteroatoms. The smallest absolute Gasteiger partial charge is 0.248 e. The molecule has 0 spiro atoms. The molecule has 0 saturated carbocycles. The monoisotopic (exact) mass is 812 g/mol. The number of carbonyl (C=O) groups is 4. The van der Waals surface area contributed by atoms with Gasteiger partial charge in [0.25, 0.3) is 0 Å². The summed E-state index contributed by atoms with van der Waals surface area (Å²) in [6.07, 6.45) is 9.69. The Morgan fingerprint density at radius 2 is 1.24 bits per heavy atom. The Morgan fingerprint density at radius 3 is 1.80 bits per heavy atom. The zero-order valence-electron chi connectivity index (χ0n) is 35.6. The number of likely N-dealkylation sites (N-methyl/N-ethyl adjacent to an activating group) is 2. The van der Waals surface area contributed by atoms with Gasteiger partial charge in [-0.3, -0.25) is 19.2 Å². The number of amides is 4. The zero-order chi connectivity index (χ0) is 42.1. The van der Waals surface area contributed by atoms with Crippen LogP contribution in [0.25, 0.3) is 28.4 Å². The predicted molar refractivity (Wildman–Crippen MR) is 228 cm³/mol. The molecule has 6 N–H and O–H groups in total. The van der Waals surface area contributed by atoms with Crippen molar-refractivity contribution in [2.24, 2.45) is 0 Å². The van der Waals surface area contributed by atoms with Crippen molar-refractivity contribution in [1.29, 1.82) is 0 Å². The standard InChI is InChI=1S/C45H64N8O6/c1-26(46-5)42(56)48-38(28(3)54)44(58)50-20-11-14-30(50)24-34-32-16-7-9-18-36(32)52-22-13-23-53-37-19-10-8-17-33(37)35(41(53)40(34)52)25-31-15-12-21-51(31)45(59)39(29(4)55)49-43(57)27(2)47-6/h7,9-10,16,18-19,26-31,38-39,46-47,54-55H,8,11-15,17,20-25H2,1-6H3,(H,48,56)(H,49,57)/t26-,27-,28+,29+,30-,31-,38-,39-/m0/s1. The number of allylic oxidation sites excluding steroid dienone is 1. The van der Waals surface area contributed by atoms with Crippen molar-refractivity contribution >= 4 is 40.6 Å². The number of nitrogens with one attached hydrogen (secondary N) is 4. The first-order chi connectivity index (χ1) is 28.4. The highest BCUT2D eigenvalue weighted by molar-refractivity contribution is 5.94. The van der Waals surface area contributed by atoms with E-state index in [0.717, 1.165) is 74.6 Å². The Kier molecular flexibility index (Phi) is 13.0. The van der Waals surface area contributed by atoms with E-state index in [2.05, 4.69) is 66.8 Å². The molecule has 4 aliphatic rings. The second kappa shape index (κ2) is 18.0. The molecular weight excluding hydrogens is 749 g/mol. The number of hydrogen-bond acceptors (Lipinski definition) is 8. The van der Waals surface area contributed by atoms with Crippen LogP contribution in [-0.2, 0) is 51.5 Å². The molecule has 0 unspecified atom stereocenters. The van der Waals surface area contributed by atoms with Crippen molar-refractivity contribution in [2.75, 3.05) is 27.2 Å². The van der Waals surface area contributed by atoms with Crippen LogP contribution < -0.4 is 21.3 Å². The van der Waals surface area contributed by atoms with E-state index in [1.54, 1.807) is 41.8 Å². The van der Waals surface area contributed by atoms with Gasteiger partial charge in [0, 0.05) is 54.9 Å². The SMILES string of the molecule is CN[C@@H](C)C(=O)N[C@H](C(=O)N1CCC[C@H]1Cc1c2c(n3c1-c1c(C[C@@H]4CCCN4C(=O)[C@@H](NC(=O)[C@H](C)NC)[C@@H](C)O)c4ccccc4n1CCC3)C=CCC2)[C@@H](C)O. The highest BCUT2D eigenvalue weighted by Gasteiger charge is 2.41. The normalized spacial score (nSPS) is 21.8. The highest BCUT2D eigenvalue weighted by Crippen LogP contribution is 2.45. The fraction of sp³-hybridized carbons (Fsp3) is 0.600. The first kappa shape index (κ1) is 42.6. The molecule has 2 aromatic heterocycles. The van der Waals surface area contributed by atoms with Crippen LogP contribution in [0.1, 0.15) is 88.6 Å². The van der Waals surface area contributed by atoms with Crippen LogP contribution in [0.2, 0.25) is 0 Å². The van der Waals surface area contributed by atoms with Gasteiger partial charge in [-0.2, -0.15) is 0 Å². The van der Waals surface area contributed by atoms with Crippen LogP contribution in [0.3, 0.4) is 0 Å². The summed E-state index contributed by atoms with van der Waals surface area (Å²) >= 11 is 0. The molecule has 0 radical (unpaired) electrons. The average molecular weight is 813 g/mol. The van der Waals surface area contributed by atoms with Gasteiger partial charge in [-0.25, -0.2) is 0 Å². The quantitative estimate of drug-likeness (QED) is 0.144. The van der Waals surface area contributed by atoms with E-state index in [0.29, 0.717) is 25.9 Å². The number of aliphatic hydroxyl groups is 2. The van der Waals surface area contributed by atoms with Gasteiger partial charge < -0.3 is 50.4 Å². The van der Waals surface area contributed by atoms with Gasteiger partial charge >= 0.3 is 0 Å². The first-order valence-electron chi connectivity index (χ1n) is 21.8. The van der Waals surface area contributed by atoms with Crippen molar-refractivity contribution in [3.05, 3.63) is 52.7 Å². The minimum absolute atomic E-state index is 0.116. The highest BCUT2D eigenvalue weighted by atomic mass is 16.3. The Morgan fingerprint density at radius 1 is 0.712 bits per heavy atom. The molecule has 5 heterocycles. The largest absolute Gasteiger partial charge is 0.391 e. The van der Waals surface area contributed by atoms with E-state index < -0.39 is 36.4 Å². The van der Waals surface area contributed by atoms with Gasteiger partial charge in [0.1, 0.15) is 12.1 Å². The lowest BCUT2D eigenvalue weighted by Gasteiger charge is -2.32. The minimum Gasteiger partial charge on any atom is -0.391 e. The summed E-state index contributed by atoms with van der Waals surface area (Å²) in [5, 5.41) is 34.2. The fourth-order valence-corrected chi connectivity index (χ4v) is 9.93. The van der Waals surface area contributed by atoms with Crippen molar-refractivity contribution in [2.45, 2.75) is 147 Å². The number of carbonyl (C=O) groups excluding carboxylic acids is 4. The predicted octanol–water partition coefficient (Wildman–Crippen LogP) is 2.49. The molecule has 1 aromatic carbocycles. The number of rotatable bonds is 14. The molecule has 320 valence electrons. The second-order valence-corrected chi connectivity index (χ2v) is 17.2. The van der Waals surface area contributed by atoms with Crippen molar-refractivity contribution in [1.82, 2.24) is 40.2 Å². The Balaban J connectivity index is 1.28. The molecule has 2 fully saturated rings. The first-order valence-corrected chi connectivity index (χ1v) is 21.8. The Bertz CT molecular complexity index is 2080. The van der Waals surface area contributed by atoms with E-state index in [-0.39, 0.29) is 35.7 Å². The molecule has 8 atom stereocenters. The molecular formula is C45H64N8O6. The summed E-state index contributed by atoms with van der Waals surface area (Å²) in [5.74, 6) is -1.20. The summed E-state index contributed by atoms with van der Waals surface area (Å²) in [6, 6.07) is 5.14. The Labute approximate surface area is 347 Å². The number of aryl methyl sites for hydroxylation is 1. The third-order valence-corrected chi connectivity index (χ3v) is 13.4. The van der Waals surface area contributed by atoms with E-state index in [4.69, 9.17) is 0 Å². The van der Waals surface area contributed by atoms with Crippen LogP contribution in [0.4, 0.5) is 0 Å². The van der Waals surface area contributed by atoms with Gasteiger partial charge in [0.05, 0.1) is 35.7 Å². The molecule has 0 bridgehead atoms. The maximum atomic E-state index is 14.3. The van der Waals surface area contributed by atoms with E-state index in [1.165, 1.54) is 28.1 Å².